The number of hydrogen-bond donors (Lipinski definition) is 1. The standard InChI is InChI=1S/C22H22FN3O3/c1-27-20-9-14(10-21-22(20)29-13-28-21)11-24-17-6-4-8-18-15(17)12-25-26(18)19-7-3-2-5-16(19)23/h2-3,5,7,9-10,12,17,24H,4,6,8,11,13H2,1H3/t17-/m1/s1. The SMILES string of the molecule is COc1cc(CN[C@@H]2CCCc3c2cnn3-c2ccccc2F)cc2c1OCO2. The normalized spacial score (nSPS) is 17.2. The summed E-state index contributed by atoms with van der Waals surface area (Å²) in [5.74, 6) is 1.77. The fraction of sp³-hybridized carbons (Fsp3) is 0.318. The average Bonchev–Trinajstić information content (AvgIpc) is 3.39. The van der Waals surface area contributed by atoms with Crippen molar-refractivity contribution in [2.75, 3.05) is 13.9 Å². The molecule has 0 amide bonds. The van der Waals surface area contributed by atoms with Gasteiger partial charge in [0.25, 0.3) is 0 Å². The van der Waals surface area contributed by atoms with Crippen LogP contribution in [0.15, 0.2) is 42.6 Å². The first kappa shape index (κ1) is 18.0. The molecule has 0 unspecified atom stereocenters. The molecule has 5 rings (SSSR count). The highest BCUT2D eigenvalue weighted by Crippen LogP contribution is 2.42. The van der Waals surface area contributed by atoms with Gasteiger partial charge in [-0.15, -0.1) is 0 Å². The van der Waals surface area contributed by atoms with Gasteiger partial charge in [0.2, 0.25) is 12.5 Å². The zero-order valence-electron chi connectivity index (χ0n) is 16.2. The third kappa shape index (κ3) is 3.21. The fourth-order valence-electron chi connectivity index (χ4n) is 4.13. The van der Waals surface area contributed by atoms with Crippen molar-refractivity contribution in [1.29, 1.82) is 0 Å². The quantitative estimate of drug-likeness (QED) is 0.710. The van der Waals surface area contributed by atoms with Gasteiger partial charge in [0, 0.05) is 23.8 Å². The molecule has 150 valence electrons. The smallest absolute Gasteiger partial charge is 0.231 e. The maximum absolute atomic E-state index is 14.3. The summed E-state index contributed by atoms with van der Waals surface area (Å²) >= 11 is 0. The summed E-state index contributed by atoms with van der Waals surface area (Å²) < 4.78 is 32.4. The number of para-hydroxylation sites is 1. The van der Waals surface area contributed by atoms with Crippen LogP contribution in [-0.4, -0.2) is 23.7 Å². The van der Waals surface area contributed by atoms with E-state index in [4.69, 9.17) is 14.2 Å². The molecule has 6 nitrogen and oxygen atoms in total. The van der Waals surface area contributed by atoms with E-state index in [9.17, 15) is 4.39 Å². The Labute approximate surface area is 168 Å². The van der Waals surface area contributed by atoms with E-state index in [1.165, 1.54) is 6.07 Å². The molecule has 1 aliphatic carbocycles. The summed E-state index contributed by atoms with van der Waals surface area (Å²) in [5, 5.41) is 8.11. The lowest BCUT2D eigenvalue weighted by atomic mass is 9.92. The van der Waals surface area contributed by atoms with Crippen LogP contribution in [0.5, 0.6) is 17.2 Å². The Hall–Kier alpha value is -3.06. The van der Waals surface area contributed by atoms with Gasteiger partial charge >= 0.3 is 0 Å². The van der Waals surface area contributed by atoms with E-state index in [-0.39, 0.29) is 18.7 Å². The Morgan fingerprint density at radius 2 is 2.17 bits per heavy atom. The second-order valence-electron chi connectivity index (χ2n) is 7.27. The Kier molecular flexibility index (Phi) is 4.60. The molecular weight excluding hydrogens is 373 g/mol. The second-order valence-corrected chi connectivity index (χ2v) is 7.27. The topological polar surface area (TPSA) is 57.5 Å². The monoisotopic (exact) mass is 395 g/mol. The molecule has 7 heteroatoms. The van der Waals surface area contributed by atoms with E-state index >= 15 is 0 Å². The van der Waals surface area contributed by atoms with E-state index in [2.05, 4.69) is 10.4 Å². The molecule has 0 radical (unpaired) electrons. The predicted molar refractivity (Wildman–Crippen MR) is 105 cm³/mol. The summed E-state index contributed by atoms with van der Waals surface area (Å²) in [5.41, 5.74) is 3.75. The highest BCUT2D eigenvalue weighted by atomic mass is 19.1. The van der Waals surface area contributed by atoms with Crippen LogP contribution in [0, 0.1) is 5.82 Å². The molecule has 2 aromatic carbocycles. The van der Waals surface area contributed by atoms with Crippen LogP contribution in [0.1, 0.15) is 35.7 Å². The molecule has 1 aromatic heterocycles. The van der Waals surface area contributed by atoms with Crippen molar-refractivity contribution >= 4 is 0 Å². The van der Waals surface area contributed by atoms with Gasteiger partial charge in [-0.3, -0.25) is 0 Å². The van der Waals surface area contributed by atoms with Gasteiger partial charge in [-0.1, -0.05) is 12.1 Å². The van der Waals surface area contributed by atoms with Crippen molar-refractivity contribution < 1.29 is 18.6 Å². The molecule has 0 bridgehead atoms. The number of hydrogen-bond acceptors (Lipinski definition) is 5. The molecule has 0 saturated heterocycles. The highest BCUT2D eigenvalue weighted by molar-refractivity contribution is 5.55. The first-order chi connectivity index (χ1) is 14.2. The Balaban J connectivity index is 1.38. The molecular formula is C22H22FN3O3. The second kappa shape index (κ2) is 7.40. The number of nitrogens with one attached hydrogen (secondary N) is 1. The van der Waals surface area contributed by atoms with Crippen LogP contribution in [0.4, 0.5) is 4.39 Å². The van der Waals surface area contributed by atoms with Crippen molar-refractivity contribution in [2.24, 2.45) is 0 Å². The number of halogens is 1. The van der Waals surface area contributed by atoms with E-state index in [1.54, 1.807) is 23.9 Å². The van der Waals surface area contributed by atoms with Crippen LogP contribution in [0.25, 0.3) is 5.69 Å². The molecule has 1 N–H and O–H groups in total. The number of nitrogens with zero attached hydrogens (tertiary/aromatic N) is 2. The zero-order chi connectivity index (χ0) is 19.8. The Morgan fingerprint density at radius 3 is 3.03 bits per heavy atom. The lowest BCUT2D eigenvalue weighted by Crippen LogP contribution is -2.25. The van der Waals surface area contributed by atoms with E-state index in [0.29, 0.717) is 29.5 Å². The number of methoxy groups -OCH3 is 1. The van der Waals surface area contributed by atoms with Gasteiger partial charge < -0.3 is 19.5 Å². The maximum atomic E-state index is 14.3. The van der Waals surface area contributed by atoms with Gasteiger partial charge in [-0.05, 0) is 49.1 Å². The molecule has 0 spiro atoms. The van der Waals surface area contributed by atoms with Gasteiger partial charge in [0.1, 0.15) is 11.5 Å². The Bertz CT molecular complexity index is 1050. The Morgan fingerprint density at radius 1 is 1.28 bits per heavy atom. The third-order valence-corrected chi connectivity index (χ3v) is 5.53. The summed E-state index contributed by atoms with van der Waals surface area (Å²) in [7, 11) is 1.62. The minimum atomic E-state index is -0.263. The van der Waals surface area contributed by atoms with E-state index < -0.39 is 0 Å². The number of aromatic nitrogens is 2. The van der Waals surface area contributed by atoms with Crippen molar-refractivity contribution in [3.05, 3.63) is 65.2 Å². The fourth-order valence-corrected chi connectivity index (χ4v) is 4.13. The van der Waals surface area contributed by atoms with Crippen LogP contribution in [0.3, 0.4) is 0 Å². The van der Waals surface area contributed by atoms with Crippen LogP contribution < -0.4 is 19.5 Å². The number of benzene rings is 2. The molecule has 2 heterocycles. The van der Waals surface area contributed by atoms with E-state index in [1.807, 2.05) is 24.4 Å². The summed E-state index contributed by atoms with van der Waals surface area (Å²) in [4.78, 5) is 0. The molecule has 1 aliphatic heterocycles. The molecule has 0 fully saturated rings. The van der Waals surface area contributed by atoms with Gasteiger partial charge in [-0.25, -0.2) is 9.07 Å². The van der Waals surface area contributed by atoms with Crippen molar-refractivity contribution in [3.63, 3.8) is 0 Å². The highest BCUT2D eigenvalue weighted by Gasteiger charge is 2.26. The van der Waals surface area contributed by atoms with Crippen molar-refractivity contribution in [3.8, 4) is 22.9 Å². The molecule has 2 aliphatic rings. The molecule has 1 atom stereocenters. The maximum Gasteiger partial charge on any atom is 0.231 e. The summed E-state index contributed by atoms with van der Waals surface area (Å²) in [6.07, 6.45) is 4.78. The van der Waals surface area contributed by atoms with Crippen LogP contribution in [0.2, 0.25) is 0 Å². The van der Waals surface area contributed by atoms with Gasteiger partial charge in [0.05, 0.1) is 13.3 Å². The predicted octanol–water partition coefficient (Wildman–Crippen LogP) is 3.92. The van der Waals surface area contributed by atoms with Gasteiger partial charge in [0.15, 0.2) is 11.5 Å². The first-order valence-electron chi connectivity index (χ1n) is 9.76. The van der Waals surface area contributed by atoms with Crippen molar-refractivity contribution in [1.82, 2.24) is 15.1 Å². The van der Waals surface area contributed by atoms with Crippen LogP contribution in [-0.2, 0) is 13.0 Å². The lowest BCUT2D eigenvalue weighted by molar-refractivity contribution is 0.171. The number of rotatable bonds is 5. The van der Waals surface area contributed by atoms with Crippen LogP contribution >= 0.6 is 0 Å². The molecule has 0 saturated carbocycles. The number of fused-ring (bicyclic) bond motifs is 2. The number of ether oxygens (including phenoxy) is 3. The average molecular weight is 395 g/mol. The zero-order valence-corrected chi connectivity index (χ0v) is 16.2. The largest absolute Gasteiger partial charge is 0.493 e. The summed E-state index contributed by atoms with van der Waals surface area (Å²) in [6, 6.07) is 10.9. The minimum absolute atomic E-state index is 0.163. The first-order valence-corrected chi connectivity index (χ1v) is 9.76. The lowest BCUT2D eigenvalue weighted by Gasteiger charge is -2.24. The third-order valence-electron chi connectivity index (χ3n) is 5.53. The van der Waals surface area contributed by atoms with Gasteiger partial charge in [-0.2, -0.15) is 5.10 Å². The summed E-state index contributed by atoms with van der Waals surface area (Å²) in [6.45, 7) is 0.867. The van der Waals surface area contributed by atoms with Crippen molar-refractivity contribution in [2.45, 2.75) is 31.8 Å². The molecule has 3 aromatic rings. The minimum Gasteiger partial charge on any atom is -0.493 e. The molecule has 29 heavy (non-hydrogen) atoms. The van der Waals surface area contributed by atoms with E-state index in [0.717, 1.165) is 36.1 Å².